The fourth-order valence-electron chi connectivity index (χ4n) is 4.85. The molecule has 0 unspecified atom stereocenters. The van der Waals surface area contributed by atoms with Crippen LogP contribution in [0.25, 0.3) is 0 Å². The Hall–Kier alpha value is -4.24. The summed E-state index contributed by atoms with van der Waals surface area (Å²) in [5.74, 6) is 2.19. The van der Waals surface area contributed by atoms with E-state index >= 15 is 0 Å². The van der Waals surface area contributed by atoms with Crippen LogP contribution < -0.4 is 29.6 Å². The van der Waals surface area contributed by atoms with Crippen LogP contribution in [0.3, 0.4) is 0 Å². The maximum absolute atomic E-state index is 13.1. The van der Waals surface area contributed by atoms with Crippen LogP contribution in [0.4, 0.5) is 0 Å². The van der Waals surface area contributed by atoms with Crippen LogP contribution in [-0.4, -0.2) is 50.3 Å². The minimum absolute atomic E-state index is 0.00814. The molecule has 2 aliphatic heterocycles. The molecule has 5 rings (SSSR count). The lowest BCUT2D eigenvalue weighted by Gasteiger charge is -2.23. The number of nitrogens with zero attached hydrogens (tertiary/aromatic N) is 1. The van der Waals surface area contributed by atoms with E-state index in [-0.39, 0.29) is 25.2 Å². The van der Waals surface area contributed by atoms with Crippen molar-refractivity contribution in [3.05, 3.63) is 82.9 Å². The zero-order valence-electron chi connectivity index (χ0n) is 22.7. The van der Waals surface area contributed by atoms with E-state index in [1.54, 1.807) is 19.2 Å². The van der Waals surface area contributed by atoms with Crippen molar-refractivity contribution in [1.29, 1.82) is 0 Å². The topological polar surface area (TPSA) is 98.4 Å². The number of benzene rings is 3. The van der Waals surface area contributed by atoms with E-state index in [1.807, 2.05) is 36.4 Å². The summed E-state index contributed by atoms with van der Waals surface area (Å²) in [7, 11) is 1.57. The number of carbonyl (C=O) groups excluding carboxylic acids is 2. The molecule has 2 amide bonds. The standard InChI is InChI=1S/C31H35N3O6/c1-37-27-14-23(15-28-30(27)40-21-39-28)17-33-31(36)24-10-11-25-19-34(18-22-8-4-2-5-9-22)20-29(35)32-12-6-3-7-13-38-26(25)16-24/h2,4-5,8-11,14-16H,3,6-7,12-13,17-21H2,1H3,(H,32,35)(H,33,36). The van der Waals surface area contributed by atoms with Gasteiger partial charge in [-0.25, -0.2) is 0 Å². The average Bonchev–Trinajstić information content (AvgIpc) is 3.45. The van der Waals surface area contributed by atoms with E-state index in [2.05, 4.69) is 27.7 Å². The van der Waals surface area contributed by atoms with Crippen molar-refractivity contribution in [3.63, 3.8) is 0 Å². The molecule has 0 aromatic heterocycles. The average molecular weight is 546 g/mol. The number of methoxy groups -OCH3 is 1. The Morgan fingerprint density at radius 1 is 0.950 bits per heavy atom. The Balaban J connectivity index is 1.33. The van der Waals surface area contributed by atoms with E-state index < -0.39 is 0 Å². The number of fused-ring (bicyclic) bond motifs is 2. The zero-order valence-corrected chi connectivity index (χ0v) is 22.7. The van der Waals surface area contributed by atoms with Gasteiger partial charge in [-0.05, 0) is 54.7 Å². The number of nitrogens with one attached hydrogen (secondary N) is 2. The van der Waals surface area contributed by atoms with Gasteiger partial charge in [0.25, 0.3) is 5.91 Å². The van der Waals surface area contributed by atoms with Gasteiger partial charge in [0.1, 0.15) is 5.75 Å². The number of ether oxygens (including phenoxy) is 4. The highest BCUT2D eigenvalue weighted by molar-refractivity contribution is 5.94. The summed E-state index contributed by atoms with van der Waals surface area (Å²) in [6.45, 7) is 3.04. The predicted molar refractivity (Wildman–Crippen MR) is 150 cm³/mol. The van der Waals surface area contributed by atoms with Gasteiger partial charge in [-0.2, -0.15) is 0 Å². The summed E-state index contributed by atoms with van der Waals surface area (Å²) < 4.78 is 22.6. The monoisotopic (exact) mass is 545 g/mol. The number of hydrogen-bond donors (Lipinski definition) is 2. The van der Waals surface area contributed by atoms with E-state index in [0.717, 1.165) is 36.0 Å². The second kappa shape index (κ2) is 13.2. The first-order valence-electron chi connectivity index (χ1n) is 13.6. The van der Waals surface area contributed by atoms with Crippen molar-refractivity contribution in [1.82, 2.24) is 15.5 Å². The highest BCUT2D eigenvalue weighted by Gasteiger charge is 2.21. The SMILES string of the molecule is COc1cc(CNC(=O)c2ccc3c(c2)OCCCCCNC(=O)CN(Cc2ccccc2)C3)cc2c1OCO2. The Bertz CT molecular complexity index is 1330. The molecule has 0 radical (unpaired) electrons. The smallest absolute Gasteiger partial charge is 0.251 e. The van der Waals surface area contributed by atoms with Gasteiger partial charge in [0, 0.05) is 37.3 Å². The Labute approximate surface area is 234 Å². The third-order valence-electron chi connectivity index (χ3n) is 6.91. The summed E-state index contributed by atoms with van der Waals surface area (Å²) in [5.41, 5.74) is 3.39. The molecule has 0 atom stereocenters. The van der Waals surface area contributed by atoms with Gasteiger partial charge in [0.2, 0.25) is 18.4 Å². The minimum Gasteiger partial charge on any atom is -0.493 e. The van der Waals surface area contributed by atoms with Crippen LogP contribution in [0.2, 0.25) is 0 Å². The van der Waals surface area contributed by atoms with Crippen LogP contribution in [-0.2, 0) is 24.4 Å². The fourth-order valence-corrected chi connectivity index (χ4v) is 4.85. The van der Waals surface area contributed by atoms with Gasteiger partial charge >= 0.3 is 0 Å². The molecule has 2 aliphatic rings. The Morgan fingerprint density at radius 2 is 1.82 bits per heavy atom. The second-order valence-corrected chi connectivity index (χ2v) is 9.93. The molecule has 3 aromatic rings. The molecular formula is C31H35N3O6. The number of rotatable bonds is 6. The van der Waals surface area contributed by atoms with Gasteiger partial charge in [-0.1, -0.05) is 36.4 Å². The molecular weight excluding hydrogens is 510 g/mol. The summed E-state index contributed by atoms with van der Waals surface area (Å²) in [6.07, 6.45) is 2.71. The molecule has 210 valence electrons. The van der Waals surface area contributed by atoms with Gasteiger partial charge in [-0.15, -0.1) is 0 Å². The molecule has 3 aromatic carbocycles. The lowest BCUT2D eigenvalue weighted by atomic mass is 10.1. The summed E-state index contributed by atoms with van der Waals surface area (Å²) >= 11 is 0. The predicted octanol–water partition coefficient (Wildman–Crippen LogP) is 4.04. The lowest BCUT2D eigenvalue weighted by molar-refractivity contribution is -0.122. The first-order valence-corrected chi connectivity index (χ1v) is 13.6. The van der Waals surface area contributed by atoms with Crippen LogP contribution in [0.5, 0.6) is 23.0 Å². The zero-order chi connectivity index (χ0) is 27.7. The largest absolute Gasteiger partial charge is 0.493 e. The van der Waals surface area contributed by atoms with Crippen molar-refractivity contribution in [2.75, 3.05) is 33.6 Å². The minimum atomic E-state index is -0.216. The van der Waals surface area contributed by atoms with Gasteiger partial charge in [0.05, 0.1) is 20.3 Å². The maximum Gasteiger partial charge on any atom is 0.251 e. The summed E-state index contributed by atoms with van der Waals surface area (Å²) in [6, 6.07) is 19.3. The van der Waals surface area contributed by atoms with Crippen LogP contribution in [0, 0.1) is 0 Å². The molecule has 9 nitrogen and oxygen atoms in total. The molecule has 0 saturated carbocycles. The Kier molecular flexibility index (Phi) is 9.03. The normalized spacial score (nSPS) is 15.9. The first-order chi connectivity index (χ1) is 19.6. The van der Waals surface area contributed by atoms with Crippen molar-refractivity contribution in [2.45, 2.75) is 38.9 Å². The second-order valence-electron chi connectivity index (χ2n) is 9.93. The van der Waals surface area contributed by atoms with Gasteiger partial charge < -0.3 is 29.6 Å². The molecule has 40 heavy (non-hydrogen) atoms. The molecule has 0 aliphatic carbocycles. The number of carbonyl (C=O) groups is 2. The molecule has 2 N–H and O–H groups in total. The van der Waals surface area contributed by atoms with Crippen molar-refractivity contribution < 1.29 is 28.5 Å². The van der Waals surface area contributed by atoms with E-state index in [1.165, 1.54) is 0 Å². The van der Waals surface area contributed by atoms with Crippen molar-refractivity contribution in [3.8, 4) is 23.0 Å². The number of hydrogen-bond acceptors (Lipinski definition) is 7. The van der Waals surface area contributed by atoms with Crippen LogP contribution in [0.15, 0.2) is 60.7 Å². The summed E-state index contributed by atoms with van der Waals surface area (Å²) in [4.78, 5) is 27.9. The highest BCUT2D eigenvalue weighted by Crippen LogP contribution is 2.41. The van der Waals surface area contributed by atoms with Crippen LogP contribution >= 0.6 is 0 Å². The lowest BCUT2D eigenvalue weighted by Crippen LogP contribution is -2.37. The quantitative estimate of drug-likeness (QED) is 0.483. The molecule has 0 saturated heterocycles. The molecule has 2 heterocycles. The molecule has 0 bridgehead atoms. The highest BCUT2D eigenvalue weighted by atomic mass is 16.7. The van der Waals surface area contributed by atoms with E-state index in [0.29, 0.717) is 61.3 Å². The number of amides is 2. The van der Waals surface area contributed by atoms with Crippen LogP contribution in [0.1, 0.15) is 46.3 Å². The molecule has 0 fully saturated rings. The third-order valence-corrected chi connectivity index (χ3v) is 6.91. The molecule has 9 heteroatoms. The fraction of sp³-hybridized carbons (Fsp3) is 0.355. The van der Waals surface area contributed by atoms with Crippen molar-refractivity contribution >= 4 is 11.8 Å². The van der Waals surface area contributed by atoms with E-state index in [9.17, 15) is 9.59 Å². The van der Waals surface area contributed by atoms with Gasteiger partial charge in [-0.3, -0.25) is 14.5 Å². The van der Waals surface area contributed by atoms with E-state index in [4.69, 9.17) is 18.9 Å². The Morgan fingerprint density at radius 3 is 2.67 bits per heavy atom. The van der Waals surface area contributed by atoms with Crippen molar-refractivity contribution in [2.24, 2.45) is 0 Å². The summed E-state index contributed by atoms with van der Waals surface area (Å²) in [5, 5.41) is 6.01. The first kappa shape index (κ1) is 27.3. The van der Waals surface area contributed by atoms with Gasteiger partial charge in [0.15, 0.2) is 11.5 Å². The third kappa shape index (κ3) is 7.04. The maximum atomic E-state index is 13.1. The molecule has 0 spiro atoms.